The standard InChI is InChI=1S/C46H49F4N7O4/c1-25-14-34-32-4-2-3-5-37(32)51-42(34)43(56(25)24-39(49)50)41-35(47)17-31(18-36(41)48)54-13-8-26(20-54)19-53-11-9-27(10-12-53)45(60)55-21-28-15-30-23-57(38-6-7-40(58)52-44(38)59)46(61)33(30)16-29(28)22-55/h2-5,15-18,25-27,38-39,43,51H,6-14,19-24H2,1H3,(H,52,58,59)/t25-,26+,38?,43-/m1/s1. The molecule has 3 saturated heterocycles. The fourth-order valence-electron chi connectivity index (χ4n) is 11.1. The monoisotopic (exact) mass is 839 g/mol. The predicted octanol–water partition coefficient (Wildman–Crippen LogP) is 5.89. The summed E-state index contributed by atoms with van der Waals surface area (Å²) in [5, 5.41) is 3.28. The number of alkyl halides is 2. The van der Waals surface area contributed by atoms with Crippen molar-refractivity contribution in [3.63, 3.8) is 0 Å². The van der Waals surface area contributed by atoms with Crippen molar-refractivity contribution < 1.29 is 36.7 Å². The third-order valence-corrected chi connectivity index (χ3v) is 14.2. The van der Waals surface area contributed by atoms with Gasteiger partial charge in [0.05, 0.1) is 12.6 Å². The Morgan fingerprint density at radius 3 is 2.36 bits per heavy atom. The number of benzene rings is 3. The number of hydrogen-bond acceptors (Lipinski definition) is 7. The first-order chi connectivity index (χ1) is 29.4. The summed E-state index contributed by atoms with van der Waals surface area (Å²) in [6, 6.07) is 12.1. The number of para-hydroxylation sites is 1. The molecule has 4 atom stereocenters. The number of imide groups is 1. The Bertz CT molecular complexity index is 2430. The van der Waals surface area contributed by atoms with Crippen LogP contribution >= 0.6 is 0 Å². The quantitative estimate of drug-likeness (QED) is 0.168. The van der Waals surface area contributed by atoms with Gasteiger partial charge in [0.15, 0.2) is 0 Å². The third kappa shape index (κ3) is 7.16. The van der Waals surface area contributed by atoms with Crippen LogP contribution in [0.2, 0.25) is 0 Å². The molecule has 3 fully saturated rings. The lowest BCUT2D eigenvalue weighted by atomic mass is 9.88. The van der Waals surface area contributed by atoms with Crippen LogP contribution in [0.3, 0.4) is 0 Å². The SMILES string of the molecule is C[C@@H]1Cc2c([nH]c3ccccc23)[C@@H](c2c(F)cc(N3CC[C@@H](CN4CCC(C(=O)N5Cc6cc7c(cc6C5)C(=O)N(C5CCC(=O)NC5=O)C7)CC4)C3)cc2F)N1CC(F)F. The van der Waals surface area contributed by atoms with Crippen LogP contribution in [0.4, 0.5) is 23.2 Å². The average Bonchev–Trinajstić information content (AvgIpc) is 4.02. The number of halogens is 4. The van der Waals surface area contributed by atoms with Crippen LogP contribution in [-0.2, 0) is 40.4 Å². The van der Waals surface area contributed by atoms with Crippen molar-refractivity contribution >= 4 is 40.2 Å². The molecule has 3 aromatic carbocycles. The van der Waals surface area contributed by atoms with Gasteiger partial charge in [-0.1, -0.05) is 24.3 Å². The molecule has 1 aromatic heterocycles. The normalized spacial score (nSPS) is 24.9. The second kappa shape index (κ2) is 15.6. The molecule has 6 aliphatic rings. The van der Waals surface area contributed by atoms with Crippen molar-refractivity contribution in [1.29, 1.82) is 0 Å². The van der Waals surface area contributed by atoms with Gasteiger partial charge in [-0.25, -0.2) is 17.6 Å². The van der Waals surface area contributed by atoms with E-state index in [4.69, 9.17) is 0 Å². The summed E-state index contributed by atoms with van der Waals surface area (Å²) in [6.07, 6.45) is 0.652. The molecule has 0 radical (unpaired) electrons. The van der Waals surface area contributed by atoms with E-state index in [0.29, 0.717) is 62.5 Å². The molecule has 1 unspecified atom stereocenters. The predicted molar refractivity (Wildman–Crippen MR) is 219 cm³/mol. The second-order valence-electron chi connectivity index (χ2n) is 18.0. The Labute approximate surface area is 351 Å². The van der Waals surface area contributed by atoms with Gasteiger partial charge in [-0.05, 0) is 105 Å². The first kappa shape index (κ1) is 39.8. The molecule has 0 bridgehead atoms. The van der Waals surface area contributed by atoms with Crippen molar-refractivity contribution in [2.45, 2.75) is 89.6 Å². The van der Waals surface area contributed by atoms with Crippen LogP contribution < -0.4 is 10.2 Å². The topological polar surface area (TPSA) is 112 Å². The van der Waals surface area contributed by atoms with E-state index in [0.717, 1.165) is 72.1 Å². The van der Waals surface area contributed by atoms with E-state index in [9.17, 15) is 28.0 Å². The van der Waals surface area contributed by atoms with Crippen LogP contribution in [0, 0.1) is 23.5 Å². The molecule has 0 aliphatic carbocycles. The van der Waals surface area contributed by atoms with Crippen LogP contribution in [0.15, 0.2) is 48.5 Å². The first-order valence-corrected chi connectivity index (χ1v) is 21.6. The zero-order valence-electron chi connectivity index (χ0n) is 34.1. The number of nitrogens with one attached hydrogen (secondary N) is 2. The number of anilines is 1. The second-order valence-corrected chi connectivity index (χ2v) is 18.0. The molecule has 61 heavy (non-hydrogen) atoms. The largest absolute Gasteiger partial charge is 0.371 e. The van der Waals surface area contributed by atoms with Crippen molar-refractivity contribution in [2.75, 3.05) is 44.2 Å². The summed E-state index contributed by atoms with van der Waals surface area (Å²) < 4.78 is 60.4. The van der Waals surface area contributed by atoms with Crippen molar-refractivity contribution in [2.24, 2.45) is 11.8 Å². The number of rotatable bonds is 8. The molecule has 4 amide bonds. The van der Waals surface area contributed by atoms with E-state index in [1.807, 2.05) is 53.1 Å². The number of aromatic nitrogens is 1. The fourth-order valence-corrected chi connectivity index (χ4v) is 11.1. The summed E-state index contributed by atoms with van der Waals surface area (Å²) in [4.78, 5) is 63.9. The zero-order valence-corrected chi connectivity index (χ0v) is 34.1. The van der Waals surface area contributed by atoms with Gasteiger partial charge in [0.2, 0.25) is 17.7 Å². The van der Waals surface area contributed by atoms with Gasteiger partial charge in [-0.2, -0.15) is 0 Å². The average molecular weight is 840 g/mol. The van der Waals surface area contributed by atoms with Crippen LogP contribution in [0.5, 0.6) is 0 Å². The number of fused-ring (bicyclic) bond motifs is 5. The Kier molecular flexibility index (Phi) is 10.2. The van der Waals surface area contributed by atoms with Gasteiger partial charge >= 0.3 is 0 Å². The Morgan fingerprint density at radius 1 is 0.885 bits per heavy atom. The fraction of sp³-hybridized carbons (Fsp3) is 0.478. The van der Waals surface area contributed by atoms with Gasteiger partial charge in [0, 0.05) is 91.1 Å². The smallest absolute Gasteiger partial charge is 0.255 e. The van der Waals surface area contributed by atoms with Crippen LogP contribution in [-0.4, -0.2) is 106 Å². The van der Waals surface area contributed by atoms with Crippen LogP contribution in [0.25, 0.3) is 10.9 Å². The number of aromatic amines is 1. The minimum atomic E-state index is -2.67. The van der Waals surface area contributed by atoms with Gasteiger partial charge in [0.25, 0.3) is 12.3 Å². The number of piperidine rings is 2. The summed E-state index contributed by atoms with van der Waals surface area (Å²) in [5.74, 6) is -2.18. The Balaban J connectivity index is 0.748. The lowest BCUT2D eigenvalue weighted by molar-refractivity contribution is -0.138. The van der Waals surface area contributed by atoms with E-state index >= 15 is 8.78 Å². The summed E-state index contributed by atoms with van der Waals surface area (Å²) >= 11 is 0. The highest BCUT2D eigenvalue weighted by Crippen LogP contribution is 2.44. The maximum absolute atomic E-state index is 16.3. The van der Waals surface area contributed by atoms with Gasteiger partial charge in [0.1, 0.15) is 17.7 Å². The van der Waals surface area contributed by atoms with Crippen molar-refractivity contribution in [3.05, 3.63) is 99.2 Å². The highest BCUT2D eigenvalue weighted by Gasteiger charge is 2.42. The van der Waals surface area contributed by atoms with E-state index in [2.05, 4.69) is 15.2 Å². The molecule has 4 aromatic rings. The number of carbonyl (C=O) groups excluding carboxylic acids is 4. The van der Waals surface area contributed by atoms with Crippen molar-refractivity contribution in [1.82, 2.24) is 29.9 Å². The molecule has 0 spiro atoms. The highest BCUT2D eigenvalue weighted by atomic mass is 19.3. The lowest BCUT2D eigenvalue weighted by Crippen LogP contribution is -2.52. The number of hydrogen-bond donors (Lipinski definition) is 2. The zero-order chi connectivity index (χ0) is 42.3. The number of likely N-dealkylation sites (tertiary alicyclic amines) is 1. The molecule has 7 heterocycles. The minimum Gasteiger partial charge on any atom is -0.371 e. The Morgan fingerprint density at radius 2 is 1.62 bits per heavy atom. The molecular formula is C46H49F4N7O4. The van der Waals surface area contributed by atoms with Crippen molar-refractivity contribution in [3.8, 4) is 0 Å². The molecule has 0 saturated carbocycles. The molecule has 10 rings (SSSR count). The van der Waals surface area contributed by atoms with Gasteiger partial charge in [-0.15, -0.1) is 0 Å². The van der Waals surface area contributed by atoms with Gasteiger partial charge in [-0.3, -0.25) is 29.4 Å². The van der Waals surface area contributed by atoms with E-state index in [1.165, 1.54) is 17.0 Å². The summed E-state index contributed by atoms with van der Waals surface area (Å²) in [7, 11) is 0. The van der Waals surface area contributed by atoms with E-state index in [1.54, 1.807) is 4.90 Å². The molecule has 6 aliphatic heterocycles. The molecule has 11 nitrogen and oxygen atoms in total. The van der Waals surface area contributed by atoms with E-state index in [-0.39, 0.29) is 47.6 Å². The summed E-state index contributed by atoms with van der Waals surface area (Å²) in [6.45, 7) is 6.08. The first-order valence-electron chi connectivity index (χ1n) is 21.6. The van der Waals surface area contributed by atoms with Gasteiger partial charge < -0.3 is 24.6 Å². The summed E-state index contributed by atoms with van der Waals surface area (Å²) in [5.41, 5.74) is 5.86. The van der Waals surface area contributed by atoms with Crippen LogP contribution in [0.1, 0.15) is 88.9 Å². The number of H-pyrrole nitrogens is 1. The minimum absolute atomic E-state index is 0.101. The number of carbonyl (C=O) groups is 4. The highest BCUT2D eigenvalue weighted by molar-refractivity contribution is 6.05. The van der Waals surface area contributed by atoms with E-state index < -0.39 is 42.6 Å². The molecule has 15 heteroatoms. The molecular weight excluding hydrogens is 791 g/mol. The molecule has 2 N–H and O–H groups in total. The Hall–Kier alpha value is -5.28. The number of amides is 4. The third-order valence-electron chi connectivity index (χ3n) is 14.2. The molecule has 320 valence electrons. The lowest BCUT2D eigenvalue weighted by Gasteiger charge is -2.41. The maximum atomic E-state index is 16.3. The number of nitrogens with zero attached hydrogens (tertiary/aromatic N) is 5. The maximum Gasteiger partial charge on any atom is 0.255 e.